The molecule has 1 nitrogen and oxygen atoms in total. The largest absolute Gasteiger partial charge is 4.00 e. The van der Waals surface area contributed by atoms with Crippen LogP contribution in [0.1, 0.15) is 20.8 Å². The van der Waals surface area contributed by atoms with E-state index in [1.165, 1.54) is 0 Å². The first-order chi connectivity index (χ1) is 2.00. The van der Waals surface area contributed by atoms with Crippen LogP contribution in [0.3, 0.4) is 0 Å². The molecule has 6 heavy (non-hydrogen) atoms. The zero-order valence-corrected chi connectivity index (χ0v) is 6.01. The standard InChI is InChI=1S/C4H10O.Ti/c1-4(2,3)5;/h5H,1-3H3;/q;+4. The summed E-state index contributed by atoms with van der Waals surface area (Å²) in [4.78, 5) is 0. The molecule has 32 valence electrons. The number of rotatable bonds is 0. The maximum absolute atomic E-state index is 8.52. The van der Waals surface area contributed by atoms with Crippen LogP contribution in [0.2, 0.25) is 0 Å². The summed E-state index contributed by atoms with van der Waals surface area (Å²) in [5, 5.41) is 8.52. The minimum atomic E-state index is -0.500. The summed E-state index contributed by atoms with van der Waals surface area (Å²) in [6.45, 7) is 5.23. The molecule has 0 saturated carbocycles. The van der Waals surface area contributed by atoms with E-state index in [-0.39, 0.29) is 21.7 Å². The first-order valence-corrected chi connectivity index (χ1v) is 1.72. The van der Waals surface area contributed by atoms with Crippen molar-refractivity contribution in [3.05, 3.63) is 0 Å². The quantitative estimate of drug-likeness (QED) is 0.470. The fourth-order valence-corrected chi connectivity index (χ4v) is 0. The van der Waals surface area contributed by atoms with E-state index in [1.807, 2.05) is 0 Å². The summed E-state index contributed by atoms with van der Waals surface area (Å²) in [5.41, 5.74) is -0.500. The Bertz CT molecular complexity index is 23.0. The molecule has 0 unspecified atom stereocenters. The third-order valence-corrected chi connectivity index (χ3v) is 0. The zero-order chi connectivity index (χ0) is 4.50. The molecule has 0 aliphatic heterocycles. The predicted octanol–water partition coefficient (Wildman–Crippen LogP) is 0.775. The maximum Gasteiger partial charge on any atom is 4.00 e. The Kier molecular flexibility index (Phi) is 4.56. The van der Waals surface area contributed by atoms with Crippen molar-refractivity contribution in [2.45, 2.75) is 26.4 Å². The van der Waals surface area contributed by atoms with Gasteiger partial charge in [-0.25, -0.2) is 0 Å². The van der Waals surface area contributed by atoms with Gasteiger partial charge >= 0.3 is 21.7 Å². The molecule has 0 rings (SSSR count). The van der Waals surface area contributed by atoms with Crippen molar-refractivity contribution in [2.24, 2.45) is 0 Å². The van der Waals surface area contributed by atoms with E-state index in [9.17, 15) is 0 Å². The van der Waals surface area contributed by atoms with E-state index in [0.29, 0.717) is 0 Å². The van der Waals surface area contributed by atoms with Gasteiger partial charge in [-0.15, -0.1) is 0 Å². The van der Waals surface area contributed by atoms with Gasteiger partial charge in [0.15, 0.2) is 0 Å². The number of hydrogen-bond acceptors (Lipinski definition) is 1. The van der Waals surface area contributed by atoms with E-state index < -0.39 is 5.60 Å². The van der Waals surface area contributed by atoms with Crippen molar-refractivity contribution < 1.29 is 26.8 Å². The summed E-state index contributed by atoms with van der Waals surface area (Å²) >= 11 is 0. The minimum absolute atomic E-state index is 0. The number of aliphatic hydroxyl groups is 1. The van der Waals surface area contributed by atoms with Gasteiger partial charge < -0.3 is 5.11 Å². The average molecular weight is 122 g/mol. The second-order valence-corrected chi connectivity index (χ2v) is 2.17. The van der Waals surface area contributed by atoms with Crippen LogP contribution >= 0.6 is 0 Å². The molecule has 0 heterocycles. The molecule has 0 aromatic rings. The van der Waals surface area contributed by atoms with E-state index in [0.717, 1.165) is 0 Å². The predicted molar refractivity (Wildman–Crippen MR) is 22.0 cm³/mol. The fourth-order valence-electron chi connectivity index (χ4n) is 0. The Balaban J connectivity index is 0. The maximum atomic E-state index is 8.52. The topological polar surface area (TPSA) is 20.2 Å². The zero-order valence-electron chi connectivity index (χ0n) is 4.45. The normalized spacial score (nSPS) is 10.0. The van der Waals surface area contributed by atoms with Crippen LogP contribution < -0.4 is 0 Å². The van der Waals surface area contributed by atoms with Gasteiger partial charge in [0, 0.05) is 0 Å². The van der Waals surface area contributed by atoms with E-state index >= 15 is 0 Å². The molecule has 0 atom stereocenters. The first-order valence-electron chi connectivity index (χ1n) is 1.72. The van der Waals surface area contributed by atoms with Crippen LogP contribution in [0.15, 0.2) is 0 Å². The van der Waals surface area contributed by atoms with Crippen LogP contribution in [0.5, 0.6) is 0 Å². The molecule has 0 bridgehead atoms. The summed E-state index contributed by atoms with van der Waals surface area (Å²) in [7, 11) is 0. The summed E-state index contributed by atoms with van der Waals surface area (Å²) in [6.07, 6.45) is 0. The van der Waals surface area contributed by atoms with Gasteiger partial charge in [0.05, 0.1) is 5.60 Å². The molecule has 0 aromatic heterocycles. The number of hydrogen-bond donors (Lipinski definition) is 1. The summed E-state index contributed by atoms with van der Waals surface area (Å²) < 4.78 is 0. The minimum Gasteiger partial charge on any atom is -0.391 e. The third-order valence-electron chi connectivity index (χ3n) is 0. The fraction of sp³-hybridized carbons (Fsp3) is 1.00. The molecule has 1 N–H and O–H groups in total. The van der Waals surface area contributed by atoms with Crippen molar-refractivity contribution in [3.63, 3.8) is 0 Å². The Hall–Kier alpha value is 0.674. The molecule has 0 aliphatic rings. The molecule has 0 amide bonds. The van der Waals surface area contributed by atoms with Crippen molar-refractivity contribution in [2.75, 3.05) is 0 Å². The van der Waals surface area contributed by atoms with Gasteiger partial charge in [0.25, 0.3) is 0 Å². The van der Waals surface area contributed by atoms with Crippen LogP contribution in [-0.4, -0.2) is 10.7 Å². The molecule has 0 saturated heterocycles. The SMILES string of the molecule is CC(C)(C)O.[Ti+4]. The average Bonchev–Trinajstić information content (AvgIpc) is 0.722. The molecule has 0 fully saturated rings. The molecular formula is C4H10OTi+4. The summed E-state index contributed by atoms with van der Waals surface area (Å²) in [5.74, 6) is 0. The second-order valence-electron chi connectivity index (χ2n) is 2.17. The Labute approximate surface area is 53.6 Å². The van der Waals surface area contributed by atoms with Gasteiger partial charge in [-0.1, -0.05) is 0 Å². The van der Waals surface area contributed by atoms with E-state index in [1.54, 1.807) is 20.8 Å². The molecular weight excluding hydrogens is 112 g/mol. The molecule has 0 aromatic carbocycles. The van der Waals surface area contributed by atoms with Crippen LogP contribution in [0.4, 0.5) is 0 Å². The van der Waals surface area contributed by atoms with Crippen molar-refractivity contribution in [1.82, 2.24) is 0 Å². The van der Waals surface area contributed by atoms with Gasteiger partial charge in [0.1, 0.15) is 0 Å². The van der Waals surface area contributed by atoms with Crippen LogP contribution in [0, 0.1) is 0 Å². The smallest absolute Gasteiger partial charge is 0.391 e. The first kappa shape index (κ1) is 9.84. The van der Waals surface area contributed by atoms with Gasteiger partial charge in [-0.3, -0.25) is 0 Å². The van der Waals surface area contributed by atoms with Gasteiger partial charge in [-0.05, 0) is 20.8 Å². The molecule has 0 spiro atoms. The third kappa shape index (κ3) is 139. The molecule has 2 heteroatoms. The van der Waals surface area contributed by atoms with Gasteiger partial charge in [0.2, 0.25) is 0 Å². The van der Waals surface area contributed by atoms with Crippen molar-refractivity contribution >= 4 is 0 Å². The van der Waals surface area contributed by atoms with E-state index in [4.69, 9.17) is 5.11 Å². The monoisotopic (exact) mass is 122 g/mol. The van der Waals surface area contributed by atoms with Crippen molar-refractivity contribution in [3.8, 4) is 0 Å². The van der Waals surface area contributed by atoms with Crippen molar-refractivity contribution in [1.29, 1.82) is 0 Å². The van der Waals surface area contributed by atoms with Crippen LogP contribution in [0.25, 0.3) is 0 Å². The Morgan fingerprint density at radius 1 is 1.17 bits per heavy atom. The molecule has 0 aliphatic carbocycles. The Morgan fingerprint density at radius 3 is 1.17 bits per heavy atom. The van der Waals surface area contributed by atoms with Crippen LogP contribution in [-0.2, 0) is 21.7 Å². The molecule has 0 radical (unpaired) electrons. The van der Waals surface area contributed by atoms with Gasteiger partial charge in [-0.2, -0.15) is 0 Å². The Morgan fingerprint density at radius 2 is 1.17 bits per heavy atom. The van der Waals surface area contributed by atoms with E-state index in [2.05, 4.69) is 0 Å². The second kappa shape index (κ2) is 2.78. The summed E-state index contributed by atoms with van der Waals surface area (Å²) in [6, 6.07) is 0.